The lowest BCUT2D eigenvalue weighted by Gasteiger charge is -2.26. The van der Waals surface area contributed by atoms with E-state index in [0.29, 0.717) is 11.8 Å². The first-order chi connectivity index (χ1) is 8.27. The van der Waals surface area contributed by atoms with Crippen LogP contribution in [-0.2, 0) is 0 Å². The Morgan fingerprint density at radius 3 is 2.82 bits per heavy atom. The number of nitrogens with zero attached hydrogens (tertiary/aromatic N) is 1. The quantitative estimate of drug-likeness (QED) is 0.686. The molecule has 17 heavy (non-hydrogen) atoms. The first-order valence-electron chi connectivity index (χ1n) is 6.52. The van der Waals surface area contributed by atoms with Crippen LogP contribution in [0.25, 0.3) is 0 Å². The maximum Gasteiger partial charge on any atom is 0.0711 e. The molecule has 0 N–H and O–H groups in total. The molecule has 0 bridgehead atoms. The summed E-state index contributed by atoms with van der Waals surface area (Å²) in [6, 6.07) is 8.86. The summed E-state index contributed by atoms with van der Waals surface area (Å²) in [6.45, 7) is 8.51. The highest BCUT2D eigenvalue weighted by molar-refractivity contribution is 5.82. The van der Waals surface area contributed by atoms with E-state index < -0.39 is 0 Å². The van der Waals surface area contributed by atoms with E-state index in [2.05, 4.69) is 44.7 Å². The van der Waals surface area contributed by atoms with Crippen molar-refractivity contribution in [3.05, 3.63) is 48.0 Å². The Morgan fingerprint density at radius 2 is 2.12 bits per heavy atom. The van der Waals surface area contributed by atoms with Crippen molar-refractivity contribution < 1.29 is 0 Å². The first kappa shape index (κ1) is 12.1. The van der Waals surface area contributed by atoms with Gasteiger partial charge in [-0.25, -0.2) is 0 Å². The second-order valence-electron chi connectivity index (χ2n) is 4.87. The van der Waals surface area contributed by atoms with E-state index in [1.807, 2.05) is 12.3 Å². The van der Waals surface area contributed by atoms with E-state index in [0.717, 1.165) is 0 Å². The Morgan fingerprint density at radius 1 is 1.35 bits per heavy atom. The number of fused-ring (bicyclic) bond motifs is 1. The topological polar surface area (TPSA) is 12.4 Å². The number of hydrogen-bond donors (Lipinski definition) is 0. The van der Waals surface area contributed by atoms with E-state index in [4.69, 9.17) is 4.99 Å². The molecule has 1 aromatic rings. The Bertz CT molecular complexity index is 419. The van der Waals surface area contributed by atoms with Gasteiger partial charge in [-0.15, -0.1) is 6.58 Å². The van der Waals surface area contributed by atoms with Crippen LogP contribution in [0, 0.1) is 5.92 Å². The van der Waals surface area contributed by atoms with Gasteiger partial charge in [-0.1, -0.05) is 50.6 Å². The molecule has 1 heterocycles. The maximum absolute atomic E-state index is 4.69. The molecule has 3 atom stereocenters. The minimum atomic E-state index is 0.261. The number of hydrogen-bond acceptors (Lipinski definition) is 1. The van der Waals surface area contributed by atoms with Gasteiger partial charge in [-0.05, 0) is 29.4 Å². The SMILES string of the molecule is C=C[C@H]1N=Cc2ccccc2[C@@H](C)[C@@H]1CCC. The molecule has 0 aliphatic carbocycles. The van der Waals surface area contributed by atoms with Crippen LogP contribution in [0.3, 0.4) is 0 Å². The standard InChI is InChI=1S/C16H21N/c1-4-8-15-12(3)14-10-7-6-9-13(14)11-17-16(15)5-2/h5-7,9-12,15-16H,2,4,8H2,1,3H3/t12-,15+,16-/m1/s1. The summed E-state index contributed by atoms with van der Waals surface area (Å²) in [5.74, 6) is 1.13. The van der Waals surface area contributed by atoms with Gasteiger partial charge < -0.3 is 0 Å². The molecule has 1 aliphatic heterocycles. The van der Waals surface area contributed by atoms with Crippen molar-refractivity contribution in [1.82, 2.24) is 0 Å². The molecular formula is C16H21N. The molecule has 0 unspecified atom stereocenters. The maximum atomic E-state index is 4.69. The smallest absolute Gasteiger partial charge is 0.0711 e. The Kier molecular flexibility index (Phi) is 3.78. The molecule has 0 spiro atoms. The van der Waals surface area contributed by atoms with Crippen molar-refractivity contribution in [2.75, 3.05) is 0 Å². The monoisotopic (exact) mass is 227 g/mol. The molecule has 0 fully saturated rings. The summed E-state index contributed by atoms with van der Waals surface area (Å²) in [4.78, 5) is 4.69. The van der Waals surface area contributed by atoms with E-state index in [-0.39, 0.29) is 6.04 Å². The number of rotatable bonds is 3. The third kappa shape index (κ3) is 2.33. The van der Waals surface area contributed by atoms with Gasteiger partial charge in [-0.2, -0.15) is 0 Å². The Labute approximate surface area is 104 Å². The molecule has 0 aromatic heterocycles. The fraction of sp³-hybridized carbons (Fsp3) is 0.438. The highest BCUT2D eigenvalue weighted by Gasteiger charge is 2.27. The second-order valence-corrected chi connectivity index (χ2v) is 4.87. The third-order valence-electron chi connectivity index (χ3n) is 3.82. The van der Waals surface area contributed by atoms with Crippen molar-refractivity contribution in [3.63, 3.8) is 0 Å². The highest BCUT2D eigenvalue weighted by Crippen LogP contribution is 2.35. The van der Waals surface area contributed by atoms with Gasteiger partial charge >= 0.3 is 0 Å². The van der Waals surface area contributed by atoms with Gasteiger partial charge in [0.15, 0.2) is 0 Å². The summed E-state index contributed by atoms with van der Waals surface area (Å²) in [5.41, 5.74) is 2.70. The molecule has 1 aromatic carbocycles. The summed E-state index contributed by atoms with van der Waals surface area (Å²) in [7, 11) is 0. The molecule has 1 heteroatoms. The van der Waals surface area contributed by atoms with Crippen LogP contribution in [0.2, 0.25) is 0 Å². The fourth-order valence-corrected chi connectivity index (χ4v) is 2.84. The largest absolute Gasteiger partial charge is 0.285 e. The van der Waals surface area contributed by atoms with Gasteiger partial charge in [0.1, 0.15) is 0 Å². The minimum absolute atomic E-state index is 0.261. The molecule has 0 saturated heterocycles. The molecule has 90 valence electrons. The second kappa shape index (κ2) is 5.31. The van der Waals surface area contributed by atoms with Gasteiger partial charge in [0.25, 0.3) is 0 Å². The van der Waals surface area contributed by atoms with E-state index >= 15 is 0 Å². The van der Waals surface area contributed by atoms with Gasteiger partial charge in [0.05, 0.1) is 6.04 Å². The Balaban J connectivity index is 2.41. The predicted molar refractivity (Wildman–Crippen MR) is 74.8 cm³/mol. The van der Waals surface area contributed by atoms with Gasteiger partial charge in [0, 0.05) is 6.21 Å². The van der Waals surface area contributed by atoms with Crippen LogP contribution in [0.5, 0.6) is 0 Å². The molecule has 0 amide bonds. The zero-order chi connectivity index (χ0) is 12.3. The van der Waals surface area contributed by atoms with Crippen molar-refractivity contribution in [3.8, 4) is 0 Å². The number of benzene rings is 1. The Hall–Kier alpha value is -1.37. The molecule has 1 nitrogen and oxygen atoms in total. The van der Waals surface area contributed by atoms with Crippen LogP contribution in [0.1, 0.15) is 43.7 Å². The number of aliphatic imine (C=N–C) groups is 1. The van der Waals surface area contributed by atoms with Crippen molar-refractivity contribution >= 4 is 6.21 Å². The van der Waals surface area contributed by atoms with Crippen molar-refractivity contribution in [2.24, 2.45) is 10.9 Å². The lowest BCUT2D eigenvalue weighted by molar-refractivity contribution is 0.379. The van der Waals surface area contributed by atoms with E-state index in [1.54, 1.807) is 0 Å². The highest BCUT2D eigenvalue weighted by atomic mass is 14.8. The molecule has 0 radical (unpaired) electrons. The zero-order valence-corrected chi connectivity index (χ0v) is 10.8. The minimum Gasteiger partial charge on any atom is -0.285 e. The van der Waals surface area contributed by atoms with Crippen molar-refractivity contribution in [1.29, 1.82) is 0 Å². The van der Waals surface area contributed by atoms with Crippen LogP contribution >= 0.6 is 0 Å². The molecule has 1 aliphatic rings. The molecular weight excluding hydrogens is 206 g/mol. The lowest BCUT2D eigenvalue weighted by Crippen LogP contribution is -2.21. The van der Waals surface area contributed by atoms with Crippen LogP contribution in [-0.4, -0.2) is 12.3 Å². The third-order valence-corrected chi connectivity index (χ3v) is 3.82. The lowest BCUT2D eigenvalue weighted by atomic mass is 9.79. The van der Waals surface area contributed by atoms with Crippen LogP contribution in [0.4, 0.5) is 0 Å². The fourth-order valence-electron chi connectivity index (χ4n) is 2.84. The van der Waals surface area contributed by atoms with Crippen LogP contribution < -0.4 is 0 Å². The average Bonchev–Trinajstić information content (AvgIpc) is 2.49. The molecule has 2 rings (SSSR count). The molecule has 0 saturated carbocycles. The summed E-state index contributed by atoms with van der Waals surface area (Å²) in [6.07, 6.45) is 6.44. The first-order valence-corrected chi connectivity index (χ1v) is 6.52. The van der Waals surface area contributed by atoms with E-state index in [1.165, 1.54) is 24.0 Å². The van der Waals surface area contributed by atoms with E-state index in [9.17, 15) is 0 Å². The zero-order valence-electron chi connectivity index (χ0n) is 10.8. The van der Waals surface area contributed by atoms with Crippen molar-refractivity contribution in [2.45, 2.75) is 38.6 Å². The van der Waals surface area contributed by atoms with Crippen LogP contribution in [0.15, 0.2) is 41.9 Å². The normalized spacial score (nSPS) is 27.3. The summed E-state index contributed by atoms with van der Waals surface area (Å²) >= 11 is 0. The predicted octanol–water partition coefficient (Wildman–Crippen LogP) is 4.19. The average molecular weight is 227 g/mol. The van der Waals surface area contributed by atoms with Gasteiger partial charge in [-0.3, -0.25) is 4.99 Å². The summed E-state index contributed by atoms with van der Waals surface area (Å²) in [5, 5.41) is 0. The van der Waals surface area contributed by atoms with Gasteiger partial charge in [0.2, 0.25) is 0 Å². The summed E-state index contributed by atoms with van der Waals surface area (Å²) < 4.78 is 0.